The highest BCUT2D eigenvalue weighted by Gasteiger charge is 2.08. The molecular formula is C11H10N2OS. The van der Waals surface area contributed by atoms with Gasteiger partial charge in [-0.05, 0) is 18.6 Å². The van der Waals surface area contributed by atoms with Gasteiger partial charge in [0.1, 0.15) is 4.88 Å². The molecule has 1 aromatic carbocycles. The zero-order valence-corrected chi connectivity index (χ0v) is 9.04. The zero-order valence-electron chi connectivity index (χ0n) is 8.23. The third-order valence-corrected chi connectivity index (χ3v) is 2.82. The highest BCUT2D eigenvalue weighted by Crippen LogP contribution is 2.15. The summed E-state index contributed by atoms with van der Waals surface area (Å²) in [5.74, 6) is -0.105. The second-order valence-electron chi connectivity index (χ2n) is 3.13. The maximum absolute atomic E-state index is 11.7. The van der Waals surface area contributed by atoms with Crippen molar-refractivity contribution in [3.8, 4) is 0 Å². The minimum atomic E-state index is -0.105. The van der Waals surface area contributed by atoms with Crippen molar-refractivity contribution in [2.75, 3.05) is 5.32 Å². The second-order valence-corrected chi connectivity index (χ2v) is 4.02. The van der Waals surface area contributed by atoms with Crippen LogP contribution < -0.4 is 5.32 Å². The Kier molecular flexibility index (Phi) is 2.78. The number of nitrogens with one attached hydrogen (secondary N) is 1. The summed E-state index contributed by atoms with van der Waals surface area (Å²) in [5, 5.41) is 2.84. The molecule has 1 amide bonds. The van der Waals surface area contributed by atoms with Gasteiger partial charge in [0.05, 0.1) is 11.7 Å². The third-order valence-electron chi connectivity index (χ3n) is 2.05. The van der Waals surface area contributed by atoms with Crippen molar-refractivity contribution in [3.63, 3.8) is 0 Å². The zero-order chi connectivity index (χ0) is 10.7. The van der Waals surface area contributed by atoms with E-state index in [1.165, 1.54) is 11.3 Å². The molecule has 0 aliphatic rings. The van der Waals surface area contributed by atoms with Gasteiger partial charge in [-0.2, -0.15) is 0 Å². The van der Waals surface area contributed by atoms with Crippen molar-refractivity contribution in [2.45, 2.75) is 6.92 Å². The number of para-hydroxylation sites is 1. The van der Waals surface area contributed by atoms with Crippen LogP contribution in [0.15, 0.2) is 36.0 Å². The minimum Gasteiger partial charge on any atom is -0.321 e. The van der Waals surface area contributed by atoms with Gasteiger partial charge in [0.25, 0.3) is 5.91 Å². The van der Waals surface area contributed by atoms with E-state index in [2.05, 4.69) is 10.3 Å². The molecule has 2 aromatic rings. The fourth-order valence-electron chi connectivity index (χ4n) is 1.22. The number of hydrogen-bond acceptors (Lipinski definition) is 3. The number of anilines is 1. The van der Waals surface area contributed by atoms with Crippen molar-refractivity contribution < 1.29 is 4.79 Å². The summed E-state index contributed by atoms with van der Waals surface area (Å²) in [6, 6.07) is 7.68. The molecule has 2 rings (SSSR count). The summed E-state index contributed by atoms with van der Waals surface area (Å²) in [5.41, 5.74) is 3.54. The van der Waals surface area contributed by atoms with Gasteiger partial charge in [-0.3, -0.25) is 9.78 Å². The molecule has 0 aliphatic heterocycles. The predicted octanol–water partition coefficient (Wildman–Crippen LogP) is 2.70. The van der Waals surface area contributed by atoms with E-state index in [9.17, 15) is 4.79 Å². The summed E-state index contributed by atoms with van der Waals surface area (Å²) in [6.07, 6.45) is 1.57. The maximum atomic E-state index is 11.7. The van der Waals surface area contributed by atoms with E-state index in [1.54, 1.807) is 11.7 Å². The number of carbonyl (C=O) groups excluding carboxylic acids is 1. The first-order valence-corrected chi connectivity index (χ1v) is 5.41. The summed E-state index contributed by atoms with van der Waals surface area (Å²) in [7, 11) is 0. The Labute approximate surface area is 91.8 Å². The Bertz CT molecular complexity index is 465. The van der Waals surface area contributed by atoms with Crippen molar-refractivity contribution in [1.82, 2.24) is 4.98 Å². The molecule has 1 heterocycles. The van der Waals surface area contributed by atoms with Crippen LogP contribution in [0.5, 0.6) is 0 Å². The molecule has 0 atom stereocenters. The van der Waals surface area contributed by atoms with E-state index in [1.807, 2.05) is 31.2 Å². The molecule has 0 fully saturated rings. The molecule has 0 aliphatic carbocycles. The number of amides is 1. The van der Waals surface area contributed by atoms with Crippen LogP contribution in [0.3, 0.4) is 0 Å². The van der Waals surface area contributed by atoms with E-state index < -0.39 is 0 Å². The molecule has 1 N–H and O–H groups in total. The molecule has 1 aromatic heterocycles. The fourth-order valence-corrected chi connectivity index (χ4v) is 1.74. The Balaban J connectivity index is 2.17. The number of aromatic nitrogens is 1. The quantitative estimate of drug-likeness (QED) is 0.842. The molecule has 0 radical (unpaired) electrons. The molecule has 0 bridgehead atoms. The van der Waals surface area contributed by atoms with Crippen LogP contribution in [0.1, 0.15) is 15.2 Å². The predicted molar refractivity (Wildman–Crippen MR) is 61.2 cm³/mol. The van der Waals surface area contributed by atoms with Crippen LogP contribution >= 0.6 is 11.3 Å². The molecule has 0 saturated heterocycles. The Morgan fingerprint density at radius 2 is 2.20 bits per heavy atom. The lowest BCUT2D eigenvalue weighted by Gasteiger charge is -2.05. The maximum Gasteiger partial charge on any atom is 0.267 e. The summed E-state index contributed by atoms with van der Waals surface area (Å²) < 4.78 is 0. The number of carbonyl (C=O) groups is 1. The number of benzene rings is 1. The normalized spacial score (nSPS) is 9.93. The van der Waals surface area contributed by atoms with Crippen LogP contribution in [0.4, 0.5) is 5.69 Å². The second kappa shape index (κ2) is 4.23. The van der Waals surface area contributed by atoms with Gasteiger partial charge in [-0.25, -0.2) is 0 Å². The Morgan fingerprint density at radius 1 is 1.40 bits per heavy atom. The van der Waals surface area contributed by atoms with Crippen molar-refractivity contribution >= 4 is 22.9 Å². The van der Waals surface area contributed by atoms with E-state index >= 15 is 0 Å². The number of thiazole rings is 1. The van der Waals surface area contributed by atoms with E-state index in [-0.39, 0.29) is 5.91 Å². The van der Waals surface area contributed by atoms with E-state index in [4.69, 9.17) is 0 Å². The lowest BCUT2D eigenvalue weighted by Crippen LogP contribution is -2.10. The first kappa shape index (κ1) is 9.86. The third kappa shape index (κ3) is 2.22. The van der Waals surface area contributed by atoms with Gasteiger partial charge in [0, 0.05) is 5.69 Å². The average Bonchev–Trinajstić information content (AvgIpc) is 2.74. The number of nitrogens with zero attached hydrogens (tertiary/aromatic N) is 1. The van der Waals surface area contributed by atoms with Gasteiger partial charge < -0.3 is 5.32 Å². The molecule has 4 heteroatoms. The van der Waals surface area contributed by atoms with Gasteiger partial charge >= 0.3 is 0 Å². The highest BCUT2D eigenvalue weighted by molar-refractivity contribution is 7.11. The largest absolute Gasteiger partial charge is 0.321 e. The highest BCUT2D eigenvalue weighted by atomic mass is 32.1. The Hall–Kier alpha value is -1.68. The topological polar surface area (TPSA) is 42.0 Å². The molecule has 0 spiro atoms. The van der Waals surface area contributed by atoms with Crippen LogP contribution in [0.25, 0.3) is 0 Å². The van der Waals surface area contributed by atoms with Gasteiger partial charge in [-0.1, -0.05) is 18.2 Å². The number of hydrogen-bond donors (Lipinski definition) is 1. The average molecular weight is 218 g/mol. The summed E-state index contributed by atoms with van der Waals surface area (Å²) in [4.78, 5) is 16.2. The van der Waals surface area contributed by atoms with Gasteiger partial charge in [0.2, 0.25) is 0 Å². The lowest BCUT2D eigenvalue weighted by atomic mass is 10.2. The minimum absolute atomic E-state index is 0.105. The lowest BCUT2D eigenvalue weighted by molar-refractivity contribution is 0.103. The van der Waals surface area contributed by atoms with Crippen molar-refractivity contribution in [1.29, 1.82) is 0 Å². The molecule has 3 nitrogen and oxygen atoms in total. The first-order valence-electron chi connectivity index (χ1n) is 4.53. The van der Waals surface area contributed by atoms with Crippen LogP contribution in [-0.4, -0.2) is 10.9 Å². The summed E-state index contributed by atoms with van der Waals surface area (Å²) in [6.45, 7) is 1.96. The van der Waals surface area contributed by atoms with Gasteiger partial charge in [0.15, 0.2) is 0 Å². The smallest absolute Gasteiger partial charge is 0.267 e. The monoisotopic (exact) mass is 218 g/mol. The van der Waals surface area contributed by atoms with Crippen LogP contribution in [0.2, 0.25) is 0 Å². The van der Waals surface area contributed by atoms with Crippen LogP contribution in [0, 0.1) is 6.92 Å². The van der Waals surface area contributed by atoms with E-state index in [0.29, 0.717) is 4.88 Å². The molecule has 76 valence electrons. The van der Waals surface area contributed by atoms with Crippen molar-refractivity contribution in [2.24, 2.45) is 0 Å². The summed E-state index contributed by atoms with van der Waals surface area (Å²) >= 11 is 1.33. The number of aryl methyl sites for hydroxylation is 1. The van der Waals surface area contributed by atoms with Crippen molar-refractivity contribution in [3.05, 3.63) is 46.4 Å². The van der Waals surface area contributed by atoms with Crippen LogP contribution in [-0.2, 0) is 0 Å². The molecule has 15 heavy (non-hydrogen) atoms. The van der Waals surface area contributed by atoms with Gasteiger partial charge in [-0.15, -0.1) is 11.3 Å². The van der Waals surface area contributed by atoms with E-state index in [0.717, 1.165) is 11.3 Å². The first-order chi connectivity index (χ1) is 7.27. The molecule has 0 unspecified atom stereocenters. The standard InChI is InChI=1S/C11H10N2OS/c1-8-4-2-3-5-9(8)13-11(14)10-6-12-7-15-10/h2-7H,1H3,(H,13,14). The molecular weight excluding hydrogens is 208 g/mol. The SMILES string of the molecule is Cc1ccccc1NC(=O)c1cncs1. The number of rotatable bonds is 2. The fraction of sp³-hybridized carbons (Fsp3) is 0.0909. The Morgan fingerprint density at radius 3 is 2.87 bits per heavy atom. The molecule has 0 saturated carbocycles.